The number of guanidine groups is 1. The monoisotopic (exact) mass is 399 g/mol. The Morgan fingerprint density at radius 2 is 2.15 bits per heavy atom. The summed E-state index contributed by atoms with van der Waals surface area (Å²) >= 11 is 0. The van der Waals surface area contributed by atoms with Gasteiger partial charge in [0.2, 0.25) is 0 Å². The summed E-state index contributed by atoms with van der Waals surface area (Å²) < 4.78 is 11.1. The van der Waals surface area contributed by atoms with Crippen LogP contribution in [0.5, 0.6) is 0 Å². The molecule has 0 radical (unpaired) electrons. The molecule has 0 amide bonds. The lowest BCUT2D eigenvalue weighted by molar-refractivity contribution is 0.0191. The summed E-state index contributed by atoms with van der Waals surface area (Å²) in [6.45, 7) is 9.57. The SMILES string of the molecule is CN=C(NCCOCC1CCCO1)NC(C)C(C)C.I. The van der Waals surface area contributed by atoms with Crippen molar-refractivity contribution in [1.82, 2.24) is 10.6 Å². The van der Waals surface area contributed by atoms with E-state index >= 15 is 0 Å². The summed E-state index contributed by atoms with van der Waals surface area (Å²) in [7, 11) is 1.79. The van der Waals surface area contributed by atoms with Crippen LogP contribution >= 0.6 is 24.0 Å². The molecule has 0 aromatic heterocycles. The van der Waals surface area contributed by atoms with E-state index in [0.29, 0.717) is 31.3 Å². The molecule has 1 saturated heterocycles. The maximum atomic E-state index is 5.59. The molecule has 0 spiro atoms. The number of rotatable bonds is 7. The molecule has 120 valence electrons. The lowest BCUT2D eigenvalue weighted by Crippen LogP contribution is -2.45. The number of aliphatic imine (C=N–C) groups is 1. The minimum Gasteiger partial charge on any atom is -0.377 e. The zero-order valence-corrected chi connectivity index (χ0v) is 15.5. The molecule has 20 heavy (non-hydrogen) atoms. The van der Waals surface area contributed by atoms with Gasteiger partial charge in [0.15, 0.2) is 5.96 Å². The van der Waals surface area contributed by atoms with E-state index in [4.69, 9.17) is 9.47 Å². The average Bonchev–Trinajstić information content (AvgIpc) is 2.89. The second kappa shape index (κ2) is 11.6. The Morgan fingerprint density at radius 1 is 1.40 bits per heavy atom. The van der Waals surface area contributed by atoms with E-state index in [1.165, 1.54) is 0 Å². The third-order valence-corrected chi connectivity index (χ3v) is 3.45. The van der Waals surface area contributed by atoms with E-state index in [1.807, 2.05) is 0 Å². The lowest BCUT2D eigenvalue weighted by Gasteiger charge is -2.20. The first-order chi connectivity index (χ1) is 9.13. The second-order valence-corrected chi connectivity index (χ2v) is 5.39. The van der Waals surface area contributed by atoms with Crippen molar-refractivity contribution >= 4 is 29.9 Å². The number of nitrogens with zero attached hydrogens (tertiary/aromatic N) is 1. The molecule has 0 aliphatic carbocycles. The van der Waals surface area contributed by atoms with Crippen molar-refractivity contribution in [1.29, 1.82) is 0 Å². The second-order valence-electron chi connectivity index (χ2n) is 5.39. The van der Waals surface area contributed by atoms with Crippen LogP contribution in [0.3, 0.4) is 0 Å². The minimum atomic E-state index is 0. The Balaban J connectivity index is 0.00000361. The van der Waals surface area contributed by atoms with Gasteiger partial charge in [-0.2, -0.15) is 0 Å². The van der Waals surface area contributed by atoms with E-state index in [1.54, 1.807) is 7.05 Å². The lowest BCUT2D eigenvalue weighted by atomic mass is 10.1. The maximum absolute atomic E-state index is 5.59. The van der Waals surface area contributed by atoms with Gasteiger partial charge in [0.1, 0.15) is 0 Å². The molecule has 1 aliphatic heterocycles. The summed E-state index contributed by atoms with van der Waals surface area (Å²) in [5.41, 5.74) is 0. The van der Waals surface area contributed by atoms with E-state index < -0.39 is 0 Å². The molecule has 2 N–H and O–H groups in total. The number of nitrogens with one attached hydrogen (secondary N) is 2. The molecule has 0 aromatic rings. The van der Waals surface area contributed by atoms with Gasteiger partial charge in [-0.05, 0) is 25.7 Å². The molecule has 1 rings (SSSR count). The molecule has 2 unspecified atom stereocenters. The summed E-state index contributed by atoms with van der Waals surface area (Å²) in [4.78, 5) is 4.20. The Labute approximate surface area is 140 Å². The molecular formula is C14H30IN3O2. The highest BCUT2D eigenvalue weighted by Crippen LogP contribution is 2.11. The zero-order valence-electron chi connectivity index (χ0n) is 13.1. The van der Waals surface area contributed by atoms with Gasteiger partial charge in [0.05, 0.1) is 19.3 Å². The van der Waals surface area contributed by atoms with Crippen molar-refractivity contribution in [2.75, 3.05) is 33.4 Å². The van der Waals surface area contributed by atoms with E-state index in [9.17, 15) is 0 Å². The number of hydrogen-bond donors (Lipinski definition) is 2. The summed E-state index contributed by atoms with van der Waals surface area (Å²) in [6, 6.07) is 0.402. The first-order valence-corrected chi connectivity index (χ1v) is 7.30. The molecule has 0 aromatic carbocycles. The van der Waals surface area contributed by atoms with E-state index in [0.717, 1.165) is 32.0 Å². The highest BCUT2D eigenvalue weighted by atomic mass is 127. The topological polar surface area (TPSA) is 54.9 Å². The molecular weight excluding hydrogens is 369 g/mol. The Morgan fingerprint density at radius 3 is 2.70 bits per heavy atom. The molecule has 1 aliphatic rings. The van der Waals surface area contributed by atoms with Crippen molar-refractivity contribution < 1.29 is 9.47 Å². The molecule has 0 saturated carbocycles. The van der Waals surface area contributed by atoms with Crippen LogP contribution in [0.15, 0.2) is 4.99 Å². The largest absolute Gasteiger partial charge is 0.377 e. The van der Waals surface area contributed by atoms with Gasteiger partial charge < -0.3 is 20.1 Å². The van der Waals surface area contributed by atoms with Crippen molar-refractivity contribution in [3.05, 3.63) is 0 Å². The third-order valence-electron chi connectivity index (χ3n) is 3.45. The van der Waals surface area contributed by atoms with Crippen LogP contribution in [0.2, 0.25) is 0 Å². The van der Waals surface area contributed by atoms with Crippen LogP contribution < -0.4 is 10.6 Å². The first kappa shape index (κ1) is 19.9. The normalized spacial score (nSPS) is 20.6. The molecule has 2 atom stereocenters. The van der Waals surface area contributed by atoms with E-state index in [2.05, 4.69) is 36.4 Å². The van der Waals surface area contributed by atoms with Crippen LogP contribution in [0, 0.1) is 5.92 Å². The van der Waals surface area contributed by atoms with E-state index in [-0.39, 0.29) is 24.0 Å². The smallest absolute Gasteiger partial charge is 0.191 e. The highest BCUT2D eigenvalue weighted by molar-refractivity contribution is 14.0. The fraction of sp³-hybridized carbons (Fsp3) is 0.929. The van der Waals surface area contributed by atoms with Gasteiger partial charge in [0, 0.05) is 26.2 Å². The Kier molecular flexibility index (Phi) is 11.5. The van der Waals surface area contributed by atoms with Gasteiger partial charge >= 0.3 is 0 Å². The predicted molar refractivity (Wildman–Crippen MR) is 94.0 cm³/mol. The molecule has 1 fully saturated rings. The fourth-order valence-corrected chi connectivity index (χ4v) is 1.81. The van der Waals surface area contributed by atoms with Crippen molar-refractivity contribution in [3.8, 4) is 0 Å². The third kappa shape index (κ3) is 8.26. The van der Waals surface area contributed by atoms with Crippen molar-refractivity contribution in [3.63, 3.8) is 0 Å². The molecule has 6 heteroatoms. The van der Waals surface area contributed by atoms with Gasteiger partial charge in [-0.1, -0.05) is 13.8 Å². The number of halogens is 1. The van der Waals surface area contributed by atoms with Crippen LogP contribution in [-0.4, -0.2) is 51.5 Å². The van der Waals surface area contributed by atoms with Gasteiger partial charge in [-0.15, -0.1) is 24.0 Å². The minimum absolute atomic E-state index is 0. The first-order valence-electron chi connectivity index (χ1n) is 7.30. The van der Waals surface area contributed by atoms with Crippen LogP contribution in [0.1, 0.15) is 33.6 Å². The predicted octanol–water partition coefficient (Wildman–Crippen LogP) is 2.01. The van der Waals surface area contributed by atoms with Crippen molar-refractivity contribution in [2.45, 2.75) is 45.8 Å². The zero-order chi connectivity index (χ0) is 14.1. The maximum Gasteiger partial charge on any atom is 0.191 e. The van der Waals surface area contributed by atoms with Crippen LogP contribution in [-0.2, 0) is 9.47 Å². The molecule has 1 heterocycles. The molecule has 5 nitrogen and oxygen atoms in total. The summed E-state index contributed by atoms with van der Waals surface area (Å²) in [5, 5.41) is 6.61. The average molecular weight is 399 g/mol. The van der Waals surface area contributed by atoms with Gasteiger partial charge in [-0.25, -0.2) is 0 Å². The van der Waals surface area contributed by atoms with Crippen molar-refractivity contribution in [2.24, 2.45) is 10.9 Å². The summed E-state index contributed by atoms with van der Waals surface area (Å²) in [6.07, 6.45) is 2.59. The van der Waals surface area contributed by atoms with Crippen LogP contribution in [0.25, 0.3) is 0 Å². The standard InChI is InChI=1S/C14H29N3O2.HI/c1-11(2)12(3)17-14(15-4)16-7-9-18-10-13-6-5-8-19-13;/h11-13H,5-10H2,1-4H3,(H2,15,16,17);1H. The fourth-order valence-electron chi connectivity index (χ4n) is 1.81. The van der Waals surface area contributed by atoms with Gasteiger partial charge in [-0.3, -0.25) is 4.99 Å². The van der Waals surface area contributed by atoms with Crippen LogP contribution in [0.4, 0.5) is 0 Å². The quantitative estimate of drug-likeness (QED) is 0.298. The summed E-state index contributed by atoms with van der Waals surface area (Å²) in [5.74, 6) is 1.41. The molecule has 0 bridgehead atoms. The number of ether oxygens (including phenoxy) is 2. The Hall–Kier alpha value is -0.0800. The Bertz CT molecular complexity index is 269. The highest BCUT2D eigenvalue weighted by Gasteiger charge is 2.15. The number of hydrogen-bond acceptors (Lipinski definition) is 3. The van der Waals surface area contributed by atoms with Gasteiger partial charge in [0.25, 0.3) is 0 Å².